The predicted molar refractivity (Wildman–Crippen MR) is 77.9 cm³/mol. The van der Waals surface area contributed by atoms with Gasteiger partial charge in [-0.25, -0.2) is 13.1 Å². The fraction of sp³-hybridized carbons (Fsp3) is 0.0714. The van der Waals surface area contributed by atoms with Gasteiger partial charge in [-0.3, -0.25) is 5.41 Å². The molecular formula is C14H15N3O2S. The number of nitrogens with two attached hydrogens (primary N) is 1. The second kappa shape index (κ2) is 5.85. The maximum Gasteiger partial charge on any atom is 0.240 e. The van der Waals surface area contributed by atoms with E-state index in [1.807, 2.05) is 30.3 Å². The monoisotopic (exact) mass is 289 g/mol. The molecule has 0 radical (unpaired) electrons. The van der Waals surface area contributed by atoms with E-state index in [2.05, 4.69) is 4.72 Å². The Kier molecular flexibility index (Phi) is 4.16. The Morgan fingerprint density at radius 1 is 1.10 bits per heavy atom. The highest BCUT2D eigenvalue weighted by Gasteiger charge is 2.14. The van der Waals surface area contributed by atoms with Gasteiger partial charge in [0.25, 0.3) is 0 Å². The molecule has 2 aromatic rings. The third kappa shape index (κ3) is 3.43. The first kappa shape index (κ1) is 14.2. The zero-order valence-electron chi connectivity index (χ0n) is 10.7. The summed E-state index contributed by atoms with van der Waals surface area (Å²) >= 11 is 0. The number of hydrogen-bond donors (Lipinski definition) is 3. The number of benzene rings is 2. The first-order valence-corrected chi connectivity index (χ1v) is 7.45. The van der Waals surface area contributed by atoms with E-state index in [0.29, 0.717) is 5.56 Å². The topological polar surface area (TPSA) is 96.0 Å². The van der Waals surface area contributed by atoms with Crippen LogP contribution in [0.1, 0.15) is 11.1 Å². The van der Waals surface area contributed by atoms with E-state index in [-0.39, 0.29) is 17.3 Å². The van der Waals surface area contributed by atoms with Gasteiger partial charge in [0.1, 0.15) is 5.84 Å². The summed E-state index contributed by atoms with van der Waals surface area (Å²) in [5.41, 5.74) is 6.61. The van der Waals surface area contributed by atoms with Crippen molar-refractivity contribution in [2.24, 2.45) is 5.73 Å². The SMILES string of the molecule is N=C(N)c1cccc(S(=O)(=O)NCc2ccccc2)c1. The summed E-state index contributed by atoms with van der Waals surface area (Å²) in [5.74, 6) is -0.162. The molecule has 0 heterocycles. The second-order valence-electron chi connectivity index (χ2n) is 4.25. The van der Waals surface area contributed by atoms with Crippen LogP contribution in [0.25, 0.3) is 0 Å². The zero-order valence-corrected chi connectivity index (χ0v) is 11.5. The first-order chi connectivity index (χ1) is 9.49. The summed E-state index contributed by atoms with van der Waals surface area (Å²) in [6.07, 6.45) is 0. The molecule has 4 N–H and O–H groups in total. The molecule has 6 heteroatoms. The molecule has 0 spiro atoms. The summed E-state index contributed by atoms with van der Waals surface area (Å²) in [4.78, 5) is 0.0983. The van der Waals surface area contributed by atoms with Crippen molar-refractivity contribution in [1.82, 2.24) is 4.72 Å². The molecule has 0 amide bonds. The first-order valence-electron chi connectivity index (χ1n) is 5.97. The summed E-state index contributed by atoms with van der Waals surface area (Å²) < 4.78 is 26.8. The van der Waals surface area contributed by atoms with E-state index in [9.17, 15) is 8.42 Å². The van der Waals surface area contributed by atoms with Crippen LogP contribution in [0.2, 0.25) is 0 Å². The minimum Gasteiger partial charge on any atom is -0.384 e. The van der Waals surface area contributed by atoms with Crippen molar-refractivity contribution in [3.63, 3.8) is 0 Å². The zero-order chi connectivity index (χ0) is 14.6. The van der Waals surface area contributed by atoms with Gasteiger partial charge in [0.2, 0.25) is 10.0 Å². The van der Waals surface area contributed by atoms with Gasteiger partial charge >= 0.3 is 0 Å². The van der Waals surface area contributed by atoms with E-state index < -0.39 is 10.0 Å². The lowest BCUT2D eigenvalue weighted by atomic mass is 10.2. The van der Waals surface area contributed by atoms with Crippen LogP contribution < -0.4 is 10.5 Å². The Hall–Kier alpha value is -2.18. The third-order valence-corrected chi connectivity index (χ3v) is 4.16. The quantitative estimate of drug-likeness (QED) is 0.574. The summed E-state index contributed by atoms with van der Waals surface area (Å²) in [6, 6.07) is 15.3. The van der Waals surface area contributed by atoms with Crippen LogP contribution in [-0.2, 0) is 16.6 Å². The largest absolute Gasteiger partial charge is 0.384 e. The van der Waals surface area contributed by atoms with Crippen LogP contribution in [0.5, 0.6) is 0 Å². The minimum absolute atomic E-state index is 0.0983. The highest BCUT2D eigenvalue weighted by molar-refractivity contribution is 7.89. The lowest BCUT2D eigenvalue weighted by Gasteiger charge is -2.08. The predicted octanol–water partition coefficient (Wildman–Crippen LogP) is 1.45. The van der Waals surface area contributed by atoms with Crippen molar-refractivity contribution < 1.29 is 8.42 Å². The van der Waals surface area contributed by atoms with Crippen molar-refractivity contribution >= 4 is 15.9 Å². The molecule has 0 bridgehead atoms. The van der Waals surface area contributed by atoms with Crippen LogP contribution in [0.4, 0.5) is 0 Å². The van der Waals surface area contributed by atoms with Gasteiger partial charge in [0.05, 0.1) is 4.90 Å². The Morgan fingerprint density at radius 2 is 1.80 bits per heavy atom. The molecule has 0 aliphatic carbocycles. The lowest BCUT2D eigenvalue weighted by Crippen LogP contribution is -2.23. The Balaban J connectivity index is 2.18. The molecule has 0 unspecified atom stereocenters. The van der Waals surface area contributed by atoms with Gasteiger partial charge in [0.15, 0.2) is 0 Å². The number of hydrogen-bond acceptors (Lipinski definition) is 3. The van der Waals surface area contributed by atoms with Crippen molar-refractivity contribution in [2.75, 3.05) is 0 Å². The van der Waals surface area contributed by atoms with Gasteiger partial charge < -0.3 is 5.73 Å². The number of amidine groups is 1. The molecule has 0 saturated heterocycles. The van der Waals surface area contributed by atoms with Crippen LogP contribution in [0.3, 0.4) is 0 Å². The molecule has 5 nitrogen and oxygen atoms in total. The van der Waals surface area contributed by atoms with Gasteiger partial charge in [-0.2, -0.15) is 0 Å². The van der Waals surface area contributed by atoms with Gasteiger partial charge in [0, 0.05) is 12.1 Å². The van der Waals surface area contributed by atoms with Crippen LogP contribution in [0, 0.1) is 5.41 Å². The smallest absolute Gasteiger partial charge is 0.240 e. The normalized spacial score (nSPS) is 11.2. The fourth-order valence-corrected chi connectivity index (χ4v) is 2.75. The second-order valence-corrected chi connectivity index (χ2v) is 6.02. The van der Waals surface area contributed by atoms with E-state index >= 15 is 0 Å². The number of rotatable bonds is 5. The minimum atomic E-state index is -3.62. The van der Waals surface area contributed by atoms with Crippen molar-refractivity contribution in [3.05, 3.63) is 65.7 Å². The molecule has 20 heavy (non-hydrogen) atoms. The maximum absolute atomic E-state index is 12.2. The molecule has 0 atom stereocenters. The molecule has 0 aliphatic heterocycles. The van der Waals surface area contributed by atoms with E-state index in [4.69, 9.17) is 11.1 Å². The standard InChI is InChI=1S/C14H15N3O2S/c15-14(16)12-7-4-8-13(9-12)20(18,19)17-10-11-5-2-1-3-6-11/h1-9,17H,10H2,(H3,15,16). The van der Waals surface area contributed by atoms with E-state index in [0.717, 1.165) is 5.56 Å². The van der Waals surface area contributed by atoms with E-state index in [1.54, 1.807) is 12.1 Å². The van der Waals surface area contributed by atoms with Crippen molar-refractivity contribution in [1.29, 1.82) is 5.41 Å². The third-order valence-electron chi connectivity index (χ3n) is 2.76. The Morgan fingerprint density at radius 3 is 2.45 bits per heavy atom. The highest BCUT2D eigenvalue weighted by atomic mass is 32.2. The van der Waals surface area contributed by atoms with Gasteiger partial charge in [-0.05, 0) is 17.7 Å². The molecule has 0 aromatic heterocycles. The molecular weight excluding hydrogens is 274 g/mol. The highest BCUT2D eigenvalue weighted by Crippen LogP contribution is 2.12. The van der Waals surface area contributed by atoms with Crippen LogP contribution in [-0.4, -0.2) is 14.3 Å². The summed E-state index contributed by atoms with van der Waals surface area (Å²) in [6.45, 7) is 0.216. The average Bonchev–Trinajstić information content (AvgIpc) is 2.46. The van der Waals surface area contributed by atoms with Crippen LogP contribution >= 0.6 is 0 Å². The Bertz CT molecular complexity index is 712. The van der Waals surface area contributed by atoms with Crippen molar-refractivity contribution in [3.8, 4) is 0 Å². The fourth-order valence-electron chi connectivity index (χ4n) is 1.69. The molecule has 0 fully saturated rings. The van der Waals surface area contributed by atoms with E-state index in [1.165, 1.54) is 12.1 Å². The molecule has 0 saturated carbocycles. The number of sulfonamides is 1. The lowest BCUT2D eigenvalue weighted by molar-refractivity contribution is 0.581. The van der Waals surface area contributed by atoms with Gasteiger partial charge in [-0.15, -0.1) is 0 Å². The number of nitrogens with one attached hydrogen (secondary N) is 2. The Labute approximate surface area is 118 Å². The molecule has 104 valence electrons. The summed E-state index contributed by atoms with van der Waals surface area (Å²) in [7, 11) is -3.62. The molecule has 2 aromatic carbocycles. The maximum atomic E-state index is 12.2. The molecule has 2 rings (SSSR count). The van der Waals surface area contributed by atoms with Crippen LogP contribution in [0.15, 0.2) is 59.5 Å². The molecule has 0 aliphatic rings. The van der Waals surface area contributed by atoms with Crippen molar-refractivity contribution in [2.45, 2.75) is 11.4 Å². The van der Waals surface area contributed by atoms with Gasteiger partial charge in [-0.1, -0.05) is 42.5 Å². The summed E-state index contributed by atoms with van der Waals surface area (Å²) in [5, 5.41) is 7.34. The average molecular weight is 289 g/mol. The number of nitrogen functional groups attached to an aromatic ring is 1.